The third-order valence-corrected chi connectivity index (χ3v) is 5.46. The first-order valence-corrected chi connectivity index (χ1v) is 12.6. The van der Waals surface area contributed by atoms with E-state index >= 15 is 0 Å². The molecule has 0 amide bonds. The molecule has 2 aliphatic heterocycles. The Morgan fingerprint density at radius 3 is 2.41 bits per heavy atom. The molecule has 0 radical (unpaired) electrons. The predicted molar refractivity (Wildman–Crippen MR) is 148 cm³/mol. The first kappa shape index (κ1) is 27.5. The molecule has 1 aromatic heterocycles. The van der Waals surface area contributed by atoms with Crippen LogP contribution < -0.4 is 9.75 Å². The number of halogens is 1. The van der Waals surface area contributed by atoms with Gasteiger partial charge in [0.15, 0.2) is 11.6 Å². The van der Waals surface area contributed by atoms with Gasteiger partial charge < -0.3 is 14.0 Å². The molecule has 2 aromatic carbocycles. The van der Waals surface area contributed by atoms with Crippen LogP contribution in [-0.4, -0.2) is 40.7 Å². The average Bonchev–Trinajstić information content (AvgIpc) is 3.37. The molecule has 0 N–H and O–H groups in total. The number of hydrogen-bond acceptors (Lipinski definition) is 6. The Kier molecular flexibility index (Phi) is 9.49. The number of aromatic nitrogens is 2. The Hall–Kier alpha value is -4.07. The van der Waals surface area contributed by atoms with Crippen molar-refractivity contribution in [2.24, 2.45) is 4.99 Å². The van der Waals surface area contributed by atoms with Crippen LogP contribution in [0.2, 0.25) is 0 Å². The summed E-state index contributed by atoms with van der Waals surface area (Å²) in [6, 6.07) is 12.4. The third-order valence-electron chi connectivity index (χ3n) is 5.46. The zero-order valence-corrected chi connectivity index (χ0v) is 22.7. The molecule has 0 unspecified atom stereocenters. The SMILES string of the molecule is CC.CC.COc1cc(/C=C2\OCCN3C2=NC(C)=CN3c2ccc(F)cc2)ccc1-n1cnc(C)c1. The fourth-order valence-electron chi connectivity index (χ4n) is 3.92. The molecule has 0 spiro atoms. The van der Waals surface area contributed by atoms with Gasteiger partial charge >= 0.3 is 0 Å². The topological polar surface area (TPSA) is 55.1 Å². The molecule has 3 heterocycles. The number of amidine groups is 1. The van der Waals surface area contributed by atoms with Crippen LogP contribution in [0.4, 0.5) is 10.1 Å². The monoisotopic (exact) mass is 505 g/mol. The van der Waals surface area contributed by atoms with E-state index in [1.54, 1.807) is 25.6 Å². The van der Waals surface area contributed by atoms with Crippen LogP contribution in [0.3, 0.4) is 0 Å². The Labute approximate surface area is 219 Å². The highest BCUT2D eigenvalue weighted by Crippen LogP contribution is 2.30. The van der Waals surface area contributed by atoms with Crippen molar-refractivity contribution >= 4 is 17.6 Å². The van der Waals surface area contributed by atoms with Gasteiger partial charge in [-0.2, -0.15) is 0 Å². The number of ether oxygens (including phenoxy) is 2. The summed E-state index contributed by atoms with van der Waals surface area (Å²) in [6.07, 6.45) is 7.61. The summed E-state index contributed by atoms with van der Waals surface area (Å²) in [6.45, 7) is 13.0. The van der Waals surface area contributed by atoms with Crippen molar-refractivity contribution in [1.82, 2.24) is 14.6 Å². The fraction of sp³-hybridized carbons (Fsp3) is 0.310. The number of rotatable bonds is 4. The standard InChI is InChI=1S/C25H24FN5O2.2C2H6/c1-17-14-29(16-27-17)22-9-4-19(12-23(22)32-3)13-24-25-28-18(2)15-31(30(25)10-11-33-24)21-7-5-20(26)6-8-21;2*1-2/h4-9,12-16H,10-11H2,1-3H3;2*1-2H3/b24-13-;;. The van der Waals surface area contributed by atoms with Gasteiger partial charge in [0.1, 0.15) is 18.2 Å². The molecule has 37 heavy (non-hydrogen) atoms. The summed E-state index contributed by atoms with van der Waals surface area (Å²) < 4.78 is 27.0. The van der Waals surface area contributed by atoms with E-state index in [9.17, 15) is 4.39 Å². The van der Waals surface area contributed by atoms with Gasteiger partial charge in [-0.1, -0.05) is 33.8 Å². The number of morpholine rings is 1. The maximum atomic E-state index is 13.5. The average molecular weight is 506 g/mol. The van der Waals surface area contributed by atoms with Crippen LogP contribution in [0.5, 0.6) is 5.75 Å². The Balaban J connectivity index is 0.000000907. The second-order valence-electron chi connectivity index (χ2n) is 7.86. The van der Waals surface area contributed by atoms with Crippen LogP contribution in [0, 0.1) is 12.7 Å². The number of aryl methyl sites for hydroxylation is 1. The number of hydrazine groups is 1. The van der Waals surface area contributed by atoms with Crippen molar-refractivity contribution in [3.63, 3.8) is 0 Å². The smallest absolute Gasteiger partial charge is 0.191 e. The summed E-state index contributed by atoms with van der Waals surface area (Å²) in [7, 11) is 1.65. The van der Waals surface area contributed by atoms with E-state index in [1.165, 1.54) is 12.1 Å². The second-order valence-corrected chi connectivity index (χ2v) is 7.86. The van der Waals surface area contributed by atoms with Crippen molar-refractivity contribution in [2.75, 3.05) is 25.3 Å². The lowest BCUT2D eigenvalue weighted by molar-refractivity contribution is 0.168. The summed E-state index contributed by atoms with van der Waals surface area (Å²) >= 11 is 0. The van der Waals surface area contributed by atoms with Crippen LogP contribution in [0.15, 0.2) is 77.6 Å². The molecule has 0 atom stereocenters. The first-order valence-electron chi connectivity index (χ1n) is 12.6. The number of fused-ring (bicyclic) bond motifs is 1. The summed E-state index contributed by atoms with van der Waals surface area (Å²) in [4.78, 5) is 9.03. The zero-order chi connectivity index (χ0) is 26.9. The molecule has 7 nitrogen and oxygen atoms in total. The first-order chi connectivity index (χ1) is 18.0. The van der Waals surface area contributed by atoms with Crippen molar-refractivity contribution in [3.05, 3.63) is 89.7 Å². The van der Waals surface area contributed by atoms with Crippen molar-refractivity contribution < 1.29 is 13.9 Å². The number of nitrogens with zero attached hydrogens (tertiary/aromatic N) is 5. The Morgan fingerprint density at radius 1 is 1.03 bits per heavy atom. The maximum Gasteiger partial charge on any atom is 0.191 e. The highest BCUT2D eigenvalue weighted by Gasteiger charge is 2.30. The van der Waals surface area contributed by atoms with Crippen LogP contribution >= 0.6 is 0 Å². The molecule has 1 fully saturated rings. The second kappa shape index (κ2) is 12.8. The molecule has 1 saturated heterocycles. The highest BCUT2D eigenvalue weighted by atomic mass is 19.1. The van der Waals surface area contributed by atoms with Gasteiger partial charge in [0.05, 0.1) is 42.7 Å². The van der Waals surface area contributed by atoms with E-state index in [2.05, 4.69) is 4.98 Å². The zero-order valence-electron chi connectivity index (χ0n) is 22.7. The van der Waals surface area contributed by atoms with E-state index in [4.69, 9.17) is 14.5 Å². The fourth-order valence-corrected chi connectivity index (χ4v) is 3.92. The van der Waals surface area contributed by atoms with E-state index in [0.717, 1.165) is 34.1 Å². The summed E-state index contributed by atoms with van der Waals surface area (Å²) in [5.74, 6) is 1.83. The molecule has 8 heteroatoms. The molecule has 5 rings (SSSR count). The number of anilines is 1. The molecule has 0 bridgehead atoms. The van der Waals surface area contributed by atoms with E-state index < -0.39 is 0 Å². The van der Waals surface area contributed by atoms with Crippen molar-refractivity contribution in [3.8, 4) is 11.4 Å². The van der Waals surface area contributed by atoms with E-state index in [1.807, 2.05) is 92.8 Å². The summed E-state index contributed by atoms with van der Waals surface area (Å²) in [5, 5.41) is 4.02. The Bertz CT molecular complexity index is 1280. The number of methoxy groups -OCH3 is 1. The Morgan fingerprint density at radius 2 is 1.76 bits per heavy atom. The molecule has 196 valence electrons. The number of hydrogen-bond donors (Lipinski definition) is 0. The van der Waals surface area contributed by atoms with E-state index in [0.29, 0.717) is 24.7 Å². The number of imidazole rings is 1. The molecule has 3 aromatic rings. The molecular weight excluding hydrogens is 469 g/mol. The van der Waals surface area contributed by atoms with Gasteiger partial charge in [-0.15, -0.1) is 0 Å². The molecule has 0 aliphatic carbocycles. The van der Waals surface area contributed by atoms with Crippen molar-refractivity contribution in [2.45, 2.75) is 41.5 Å². The number of allylic oxidation sites excluding steroid dienone is 1. The largest absolute Gasteiger partial charge is 0.495 e. The third kappa shape index (κ3) is 6.20. The minimum Gasteiger partial charge on any atom is -0.495 e. The van der Waals surface area contributed by atoms with Gasteiger partial charge in [0, 0.05) is 12.4 Å². The minimum absolute atomic E-state index is 0.267. The van der Waals surface area contributed by atoms with Gasteiger partial charge in [0.2, 0.25) is 0 Å². The lowest BCUT2D eigenvalue weighted by atomic mass is 10.1. The number of aliphatic imine (C=N–C) groups is 1. The van der Waals surface area contributed by atoms with E-state index in [-0.39, 0.29) is 5.82 Å². The lowest BCUT2D eigenvalue weighted by Gasteiger charge is -2.41. The van der Waals surface area contributed by atoms with Crippen LogP contribution in [-0.2, 0) is 4.74 Å². The van der Waals surface area contributed by atoms with Gasteiger partial charge in [-0.05, 0) is 61.9 Å². The van der Waals surface area contributed by atoms with Crippen LogP contribution in [0.1, 0.15) is 45.9 Å². The summed E-state index contributed by atoms with van der Waals surface area (Å²) in [5.41, 5.74) is 4.44. The highest BCUT2D eigenvalue weighted by molar-refractivity contribution is 6.03. The van der Waals surface area contributed by atoms with Gasteiger partial charge in [-0.3, -0.25) is 10.0 Å². The normalized spacial score (nSPS) is 15.3. The van der Waals surface area contributed by atoms with Gasteiger partial charge in [0.25, 0.3) is 0 Å². The number of benzene rings is 2. The quantitative estimate of drug-likeness (QED) is 0.393. The van der Waals surface area contributed by atoms with Crippen LogP contribution in [0.25, 0.3) is 11.8 Å². The van der Waals surface area contributed by atoms with Crippen molar-refractivity contribution in [1.29, 1.82) is 0 Å². The maximum absolute atomic E-state index is 13.5. The predicted octanol–water partition coefficient (Wildman–Crippen LogP) is 6.75. The molecule has 0 saturated carbocycles. The minimum atomic E-state index is -0.267. The molecule has 2 aliphatic rings. The molecular formula is C29H36FN5O2. The lowest BCUT2D eigenvalue weighted by Crippen LogP contribution is -2.51. The van der Waals surface area contributed by atoms with Gasteiger partial charge in [-0.25, -0.2) is 14.4 Å².